The van der Waals surface area contributed by atoms with Crippen molar-refractivity contribution in [3.05, 3.63) is 58.5 Å². The van der Waals surface area contributed by atoms with E-state index in [1.807, 2.05) is 17.5 Å². The van der Waals surface area contributed by atoms with E-state index >= 15 is 0 Å². The fourth-order valence-corrected chi connectivity index (χ4v) is 2.68. The highest BCUT2D eigenvalue weighted by Crippen LogP contribution is 2.36. The van der Waals surface area contributed by atoms with Crippen molar-refractivity contribution < 1.29 is 19.2 Å². The number of nitro groups is 1. The van der Waals surface area contributed by atoms with E-state index in [4.69, 9.17) is 9.47 Å². The highest BCUT2D eigenvalue weighted by atomic mass is 32.1. The molecule has 0 radical (unpaired) electrons. The van der Waals surface area contributed by atoms with Gasteiger partial charge in [0.1, 0.15) is 5.75 Å². The molecule has 1 atom stereocenters. The molecule has 0 aliphatic rings. The van der Waals surface area contributed by atoms with Gasteiger partial charge in [-0.3, -0.25) is 10.1 Å². The molecule has 0 saturated carbocycles. The first-order valence-electron chi connectivity index (χ1n) is 7.29. The van der Waals surface area contributed by atoms with Crippen LogP contribution >= 0.6 is 11.3 Å². The van der Waals surface area contributed by atoms with Crippen molar-refractivity contribution >= 4 is 23.0 Å². The second-order valence-corrected chi connectivity index (χ2v) is 5.87. The highest BCUT2D eigenvalue weighted by Gasteiger charge is 2.20. The van der Waals surface area contributed by atoms with Gasteiger partial charge in [-0.15, -0.1) is 17.9 Å². The molecule has 0 N–H and O–H groups in total. The Morgan fingerprint density at radius 2 is 2.25 bits per heavy atom. The minimum atomic E-state index is -0.740. The van der Waals surface area contributed by atoms with Crippen molar-refractivity contribution in [1.82, 2.24) is 0 Å². The van der Waals surface area contributed by atoms with Crippen LogP contribution in [0.5, 0.6) is 5.75 Å². The van der Waals surface area contributed by atoms with Crippen molar-refractivity contribution in [3.63, 3.8) is 0 Å². The first kappa shape index (κ1) is 17.8. The monoisotopic (exact) mass is 347 g/mol. The summed E-state index contributed by atoms with van der Waals surface area (Å²) >= 11 is 1.41. The van der Waals surface area contributed by atoms with E-state index in [1.54, 1.807) is 13.0 Å². The van der Waals surface area contributed by atoms with Gasteiger partial charge in [0.05, 0.1) is 11.5 Å². The van der Waals surface area contributed by atoms with Gasteiger partial charge in [0.25, 0.3) is 5.69 Å². The molecular weight excluding hydrogens is 330 g/mol. The van der Waals surface area contributed by atoms with Gasteiger partial charge in [-0.25, -0.2) is 4.79 Å². The largest absolute Gasteiger partial charge is 0.424 e. The van der Waals surface area contributed by atoms with Gasteiger partial charge >= 0.3 is 5.97 Å². The molecule has 1 heterocycles. The average Bonchev–Trinajstić information content (AvgIpc) is 3.09. The molecule has 0 bridgehead atoms. The second-order valence-electron chi connectivity index (χ2n) is 4.93. The number of thiophene rings is 1. The normalized spacial score (nSPS) is 11.7. The van der Waals surface area contributed by atoms with Gasteiger partial charge in [0.2, 0.25) is 0 Å². The third-order valence-corrected chi connectivity index (χ3v) is 4.10. The minimum Gasteiger partial charge on any atom is -0.424 e. The molecule has 1 aromatic heterocycles. The van der Waals surface area contributed by atoms with Gasteiger partial charge in [-0.05, 0) is 30.9 Å². The summed E-state index contributed by atoms with van der Waals surface area (Å²) in [4.78, 5) is 23.4. The zero-order valence-electron chi connectivity index (χ0n) is 13.1. The number of hydrogen-bond donors (Lipinski definition) is 0. The fraction of sp³-hybridized carbons (Fsp3) is 0.235. The Morgan fingerprint density at radius 1 is 1.46 bits per heavy atom. The minimum absolute atomic E-state index is 0.0616. The number of non-ortho nitro benzene ring substituents is 1. The van der Waals surface area contributed by atoms with Crippen LogP contribution in [0.25, 0.3) is 10.4 Å². The number of rotatable bonds is 8. The summed E-state index contributed by atoms with van der Waals surface area (Å²) in [6, 6.07) is 7.78. The number of nitrogens with zero attached hydrogens (tertiary/aromatic N) is 1. The van der Waals surface area contributed by atoms with Crippen molar-refractivity contribution in [3.8, 4) is 16.2 Å². The molecule has 7 heteroatoms. The summed E-state index contributed by atoms with van der Waals surface area (Å²) in [7, 11) is 0. The van der Waals surface area contributed by atoms with Gasteiger partial charge in [-0.1, -0.05) is 12.1 Å². The van der Waals surface area contributed by atoms with Crippen LogP contribution < -0.4 is 4.74 Å². The van der Waals surface area contributed by atoms with Gasteiger partial charge in [-0.2, -0.15) is 0 Å². The standard InChI is InChI=1S/C17H17NO5S/c1-3-4-9-22-12(2)17(19)23-15-8-7-13(18(20)21)11-14(15)16-6-5-10-24-16/h3,5-8,10-12H,1,4,9H2,2H3. The number of ether oxygens (including phenoxy) is 2. The summed E-state index contributed by atoms with van der Waals surface area (Å²) in [6.45, 7) is 5.55. The molecule has 0 aliphatic heterocycles. The first-order chi connectivity index (χ1) is 11.5. The molecule has 0 spiro atoms. The molecule has 0 aliphatic carbocycles. The summed E-state index contributed by atoms with van der Waals surface area (Å²) in [5.41, 5.74) is 0.444. The number of hydrogen-bond acceptors (Lipinski definition) is 6. The van der Waals surface area contributed by atoms with E-state index in [1.165, 1.54) is 29.5 Å². The third-order valence-electron chi connectivity index (χ3n) is 3.19. The maximum absolute atomic E-state index is 12.1. The van der Waals surface area contributed by atoms with Crippen LogP contribution in [0, 0.1) is 10.1 Å². The lowest BCUT2D eigenvalue weighted by Gasteiger charge is -2.13. The summed E-state index contributed by atoms with van der Waals surface area (Å²) in [6.07, 6.45) is 1.59. The lowest BCUT2D eigenvalue weighted by Crippen LogP contribution is -2.26. The van der Waals surface area contributed by atoms with E-state index in [0.29, 0.717) is 18.6 Å². The lowest BCUT2D eigenvalue weighted by atomic mass is 10.1. The summed E-state index contributed by atoms with van der Waals surface area (Å²) < 4.78 is 10.7. The smallest absolute Gasteiger partial charge is 0.340 e. The van der Waals surface area contributed by atoms with Crippen molar-refractivity contribution in [1.29, 1.82) is 0 Å². The Kier molecular flexibility index (Phi) is 6.22. The molecule has 1 aromatic carbocycles. The van der Waals surface area contributed by atoms with Crippen LogP contribution in [0.1, 0.15) is 13.3 Å². The maximum atomic E-state index is 12.1. The topological polar surface area (TPSA) is 78.7 Å². The Morgan fingerprint density at radius 3 is 2.88 bits per heavy atom. The maximum Gasteiger partial charge on any atom is 0.340 e. The summed E-state index contributed by atoms with van der Waals surface area (Å²) in [5.74, 6) is -0.280. The molecule has 1 unspecified atom stereocenters. The molecule has 24 heavy (non-hydrogen) atoms. The number of esters is 1. The summed E-state index contributed by atoms with van der Waals surface area (Å²) in [5, 5.41) is 12.8. The Labute approximate surface area is 143 Å². The van der Waals surface area contributed by atoms with E-state index in [9.17, 15) is 14.9 Å². The molecule has 0 fully saturated rings. The van der Waals surface area contributed by atoms with Crippen molar-refractivity contribution in [2.75, 3.05) is 6.61 Å². The van der Waals surface area contributed by atoms with Gasteiger partial charge in [0, 0.05) is 22.6 Å². The third kappa shape index (κ3) is 4.50. The number of carbonyl (C=O) groups is 1. The lowest BCUT2D eigenvalue weighted by molar-refractivity contribution is -0.384. The van der Waals surface area contributed by atoms with Crippen LogP contribution in [-0.4, -0.2) is 23.6 Å². The van der Waals surface area contributed by atoms with Crippen LogP contribution in [0.3, 0.4) is 0 Å². The zero-order chi connectivity index (χ0) is 17.5. The van der Waals surface area contributed by atoms with E-state index in [2.05, 4.69) is 6.58 Å². The second kappa shape index (κ2) is 8.37. The Hall–Kier alpha value is -2.51. The molecule has 6 nitrogen and oxygen atoms in total. The van der Waals surface area contributed by atoms with Crippen molar-refractivity contribution in [2.45, 2.75) is 19.4 Å². The molecule has 0 saturated heterocycles. The predicted octanol–water partition coefficient (Wildman–Crippen LogP) is 4.21. The number of nitro benzene ring substituents is 1. The van der Waals surface area contributed by atoms with E-state index < -0.39 is 17.0 Å². The first-order valence-corrected chi connectivity index (χ1v) is 8.17. The Balaban J connectivity index is 2.21. The molecule has 0 amide bonds. The van der Waals surface area contributed by atoms with Crippen molar-refractivity contribution in [2.24, 2.45) is 0 Å². The molecule has 2 aromatic rings. The van der Waals surface area contributed by atoms with E-state index in [-0.39, 0.29) is 11.4 Å². The quantitative estimate of drug-likeness (QED) is 0.178. The number of carbonyl (C=O) groups excluding carboxylic acids is 1. The zero-order valence-corrected chi connectivity index (χ0v) is 14.0. The molecule has 2 rings (SSSR count). The van der Waals surface area contributed by atoms with E-state index in [0.717, 1.165) is 4.88 Å². The van der Waals surface area contributed by atoms with Gasteiger partial charge in [0.15, 0.2) is 6.10 Å². The Bertz CT molecular complexity index is 727. The van der Waals surface area contributed by atoms with Gasteiger partial charge < -0.3 is 9.47 Å². The highest BCUT2D eigenvalue weighted by molar-refractivity contribution is 7.13. The average molecular weight is 347 g/mol. The predicted molar refractivity (Wildman–Crippen MR) is 92.3 cm³/mol. The van der Waals surface area contributed by atoms with Crippen LogP contribution in [0.15, 0.2) is 48.4 Å². The van der Waals surface area contributed by atoms with Crippen LogP contribution in [0.2, 0.25) is 0 Å². The number of benzene rings is 1. The van der Waals surface area contributed by atoms with Crippen LogP contribution in [0.4, 0.5) is 5.69 Å². The molecule has 126 valence electrons. The molecular formula is C17H17NO5S. The fourth-order valence-electron chi connectivity index (χ4n) is 1.93. The SMILES string of the molecule is C=CCCOC(C)C(=O)Oc1ccc([N+](=O)[O-])cc1-c1cccs1. The van der Waals surface area contributed by atoms with Crippen LogP contribution in [-0.2, 0) is 9.53 Å².